The molecule has 1 N–H and O–H groups in total. The fourth-order valence-corrected chi connectivity index (χ4v) is 4.35. The predicted molar refractivity (Wildman–Crippen MR) is 102 cm³/mol. The largest absolute Gasteiger partial charge is 0.573 e. The molecule has 12 heteroatoms. The lowest BCUT2D eigenvalue weighted by Crippen LogP contribution is -2.43. The van der Waals surface area contributed by atoms with E-state index >= 15 is 0 Å². The molecule has 0 bridgehead atoms. The second kappa shape index (κ2) is 7.20. The third-order valence-electron chi connectivity index (χ3n) is 6.05. The number of aliphatic hydroxyl groups is 1. The summed E-state index contributed by atoms with van der Waals surface area (Å²) in [5, 5.41) is 13.3. The minimum Gasteiger partial charge on any atom is -0.405 e. The summed E-state index contributed by atoms with van der Waals surface area (Å²) < 4.78 is 55.6. The molecule has 2 unspecified atom stereocenters. The maximum Gasteiger partial charge on any atom is 0.573 e. The molecule has 2 aromatic heterocycles. The SMILES string of the molecule is O=c1ccn([C@H]2CCC3CC3(CO)O2)c(=O)n1Cc1noc2cccc(OC(F)(F)F)c12. The minimum atomic E-state index is -4.94. The zero-order valence-corrected chi connectivity index (χ0v) is 16.5. The number of fused-ring (bicyclic) bond motifs is 2. The Balaban J connectivity index is 1.52. The fraction of sp³-hybridized carbons (Fsp3) is 0.450. The summed E-state index contributed by atoms with van der Waals surface area (Å²) in [6.45, 7) is -0.584. The van der Waals surface area contributed by atoms with Gasteiger partial charge in [-0.1, -0.05) is 11.2 Å². The van der Waals surface area contributed by atoms with Crippen LogP contribution in [0.2, 0.25) is 0 Å². The van der Waals surface area contributed by atoms with Crippen LogP contribution in [0.15, 0.2) is 44.6 Å². The van der Waals surface area contributed by atoms with Crippen molar-refractivity contribution < 1.29 is 32.3 Å². The van der Waals surface area contributed by atoms with Gasteiger partial charge in [0.1, 0.15) is 17.7 Å². The zero-order chi connectivity index (χ0) is 22.7. The van der Waals surface area contributed by atoms with E-state index in [0.29, 0.717) is 12.8 Å². The van der Waals surface area contributed by atoms with Crippen molar-refractivity contribution in [2.24, 2.45) is 5.92 Å². The average Bonchev–Trinajstić information content (AvgIpc) is 3.33. The molecule has 1 aliphatic carbocycles. The smallest absolute Gasteiger partial charge is 0.405 e. The molecule has 170 valence electrons. The van der Waals surface area contributed by atoms with Crippen LogP contribution in [-0.2, 0) is 11.3 Å². The lowest BCUT2D eigenvalue weighted by Gasteiger charge is -2.30. The van der Waals surface area contributed by atoms with Crippen LogP contribution in [0.1, 0.15) is 31.2 Å². The van der Waals surface area contributed by atoms with E-state index in [1.54, 1.807) is 0 Å². The van der Waals surface area contributed by atoms with E-state index < -0.39 is 41.7 Å². The predicted octanol–water partition coefficient (Wildman–Crippen LogP) is 2.16. The van der Waals surface area contributed by atoms with E-state index in [4.69, 9.17) is 9.26 Å². The van der Waals surface area contributed by atoms with E-state index in [1.165, 1.54) is 29.0 Å². The highest BCUT2D eigenvalue weighted by atomic mass is 19.4. The van der Waals surface area contributed by atoms with Crippen molar-refractivity contribution in [3.8, 4) is 5.75 Å². The third-order valence-corrected chi connectivity index (χ3v) is 6.05. The Bertz CT molecular complexity index is 1300. The monoisotopic (exact) mass is 453 g/mol. The molecule has 1 aliphatic heterocycles. The van der Waals surface area contributed by atoms with Gasteiger partial charge in [-0.15, -0.1) is 13.2 Å². The van der Waals surface area contributed by atoms with Crippen molar-refractivity contribution in [2.45, 2.75) is 44.0 Å². The maximum absolute atomic E-state index is 13.1. The van der Waals surface area contributed by atoms with E-state index in [1.807, 2.05) is 0 Å². The number of hydrogen-bond donors (Lipinski definition) is 1. The Morgan fingerprint density at radius 3 is 2.81 bits per heavy atom. The van der Waals surface area contributed by atoms with Crippen molar-refractivity contribution in [2.75, 3.05) is 6.61 Å². The standard InChI is InChI=1S/C20H18F3N3O6/c21-20(22,23)30-13-2-1-3-14-17(13)12(24-32-14)9-26-15(28)6-7-25(18(26)29)16-5-4-11-8-19(11,10-27)31-16/h1-3,6-7,11,16,27H,4-5,8-10H2/t11?,16-,19?/m1/s1. The van der Waals surface area contributed by atoms with Crippen LogP contribution in [0.4, 0.5) is 13.2 Å². The topological polar surface area (TPSA) is 109 Å². The Kier molecular flexibility index (Phi) is 4.67. The fourth-order valence-electron chi connectivity index (χ4n) is 4.35. The van der Waals surface area contributed by atoms with E-state index in [9.17, 15) is 27.9 Å². The molecule has 5 rings (SSSR count). The number of rotatable bonds is 5. The number of alkyl halides is 3. The van der Waals surface area contributed by atoms with Gasteiger partial charge in [-0.25, -0.2) is 4.79 Å². The Labute approximate surface area is 177 Å². The Morgan fingerprint density at radius 1 is 1.25 bits per heavy atom. The lowest BCUT2D eigenvalue weighted by atomic mass is 10.1. The first-order chi connectivity index (χ1) is 15.2. The molecule has 0 amide bonds. The van der Waals surface area contributed by atoms with Gasteiger partial charge in [0.05, 0.1) is 24.1 Å². The first-order valence-corrected chi connectivity index (χ1v) is 9.94. The Morgan fingerprint density at radius 2 is 2.06 bits per heavy atom. The second-order valence-corrected chi connectivity index (χ2v) is 8.01. The molecule has 3 atom stereocenters. The van der Waals surface area contributed by atoms with Gasteiger partial charge in [0.2, 0.25) is 0 Å². The molecule has 1 saturated carbocycles. The maximum atomic E-state index is 13.1. The molecule has 0 spiro atoms. The summed E-state index contributed by atoms with van der Waals surface area (Å²) in [4.78, 5) is 25.5. The highest BCUT2D eigenvalue weighted by molar-refractivity contribution is 5.86. The molecule has 0 radical (unpaired) electrons. The summed E-state index contributed by atoms with van der Waals surface area (Å²) in [5.74, 6) is -0.297. The summed E-state index contributed by atoms with van der Waals surface area (Å²) >= 11 is 0. The number of aromatic nitrogens is 3. The van der Waals surface area contributed by atoms with Gasteiger partial charge in [0, 0.05) is 12.3 Å². The molecule has 1 aromatic carbocycles. The quantitative estimate of drug-likeness (QED) is 0.631. The molecule has 9 nitrogen and oxygen atoms in total. The zero-order valence-electron chi connectivity index (χ0n) is 16.5. The van der Waals surface area contributed by atoms with Crippen molar-refractivity contribution >= 4 is 11.0 Å². The highest BCUT2D eigenvalue weighted by Crippen LogP contribution is 2.55. The van der Waals surface area contributed by atoms with Gasteiger partial charge in [-0.3, -0.25) is 13.9 Å². The molecular weight excluding hydrogens is 435 g/mol. The molecule has 32 heavy (non-hydrogen) atoms. The van der Waals surface area contributed by atoms with Crippen LogP contribution in [-0.4, -0.2) is 38.0 Å². The van der Waals surface area contributed by atoms with Crippen molar-refractivity contribution in [3.05, 3.63) is 57.0 Å². The molecule has 3 heterocycles. The van der Waals surface area contributed by atoms with E-state index in [2.05, 4.69) is 9.89 Å². The van der Waals surface area contributed by atoms with Crippen LogP contribution < -0.4 is 16.0 Å². The highest BCUT2D eigenvalue weighted by Gasteiger charge is 2.58. The average molecular weight is 453 g/mol. The molecular formula is C20H18F3N3O6. The summed E-state index contributed by atoms with van der Waals surface area (Å²) in [6.07, 6.45) is -2.29. The van der Waals surface area contributed by atoms with E-state index in [-0.39, 0.29) is 29.2 Å². The number of nitrogens with zero attached hydrogens (tertiary/aromatic N) is 3. The van der Waals surface area contributed by atoms with Gasteiger partial charge in [-0.05, 0) is 37.3 Å². The first-order valence-electron chi connectivity index (χ1n) is 9.94. The number of aliphatic hydroxyl groups excluding tert-OH is 1. The molecule has 2 fully saturated rings. The number of halogens is 3. The van der Waals surface area contributed by atoms with Gasteiger partial charge in [0.15, 0.2) is 5.58 Å². The summed E-state index contributed by atoms with van der Waals surface area (Å²) in [7, 11) is 0. The number of ether oxygens (including phenoxy) is 2. The van der Waals surface area contributed by atoms with Gasteiger partial charge in [-0.2, -0.15) is 0 Å². The molecule has 2 aliphatic rings. The second-order valence-electron chi connectivity index (χ2n) is 8.01. The molecule has 1 saturated heterocycles. The van der Waals surface area contributed by atoms with Crippen molar-refractivity contribution in [1.82, 2.24) is 14.3 Å². The van der Waals surface area contributed by atoms with Crippen LogP contribution >= 0.6 is 0 Å². The van der Waals surface area contributed by atoms with Crippen LogP contribution in [0.25, 0.3) is 11.0 Å². The third kappa shape index (κ3) is 3.48. The summed E-state index contributed by atoms with van der Waals surface area (Å²) in [6, 6.07) is 4.98. The van der Waals surface area contributed by atoms with Crippen molar-refractivity contribution in [1.29, 1.82) is 0 Å². The lowest BCUT2D eigenvalue weighted by molar-refractivity contribution is -0.274. The van der Waals surface area contributed by atoms with Crippen LogP contribution in [0.5, 0.6) is 5.75 Å². The summed E-state index contributed by atoms with van der Waals surface area (Å²) in [5.41, 5.74) is -2.06. The Hall–Kier alpha value is -3.12. The van der Waals surface area contributed by atoms with Crippen LogP contribution in [0, 0.1) is 5.92 Å². The molecule has 3 aromatic rings. The minimum absolute atomic E-state index is 0.0198. The van der Waals surface area contributed by atoms with E-state index in [0.717, 1.165) is 17.1 Å². The van der Waals surface area contributed by atoms with Crippen molar-refractivity contribution in [3.63, 3.8) is 0 Å². The first kappa shape index (κ1) is 20.8. The van der Waals surface area contributed by atoms with Gasteiger partial charge in [0.25, 0.3) is 5.56 Å². The van der Waals surface area contributed by atoms with Gasteiger partial charge < -0.3 is 19.1 Å². The normalized spacial score (nSPS) is 25.0. The van der Waals surface area contributed by atoms with Gasteiger partial charge >= 0.3 is 12.1 Å². The number of benzene rings is 1. The number of hydrogen-bond acceptors (Lipinski definition) is 7. The van der Waals surface area contributed by atoms with Crippen LogP contribution in [0.3, 0.4) is 0 Å².